The summed E-state index contributed by atoms with van der Waals surface area (Å²) in [5.41, 5.74) is 6.95. The minimum atomic E-state index is 0.172. The highest BCUT2D eigenvalue weighted by Gasteiger charge is 2.04. The molecule has 5 aromatic carbocycles. The van der Waals surface area contributed by atoms with Gasteiger partial charge in [-0.25, -0.2) is 0 Å². The van der Waals surface area contributed by atoms with Crippen LogP contribution in [0.3, 0.4) is 0 Å². The molecule has 0 spiro atoms. The first-order valence-electron chi connectivity index (χ1n) is 22.1. The molecule has 5 rings (SSSR count). The highest BCUT2D eigenvalue weighted by atomic mass is 16.5. The third-order valence-electron chi connectivity index (χ3n) is 9.82. The van der Waals surface area contributed by atoms with E-state index in [0.29, 0.717) is 34.7 Å². The summed E-state index contributed by atoms with van der Waals surface area (Å²) in [6.45, 7) is 17.8. The van der Waals surface area contributed by atoms with Crippen LogP contribution in [0.4, 0.5) is 0 Å². The van der Waals surface area contributed by atoms with E-state index in [1.165, 1.54) is 83.1 Å². The van der Waals surface area contributed by atoms with E-state index in [2.05, 4.69) is 40.9 Å². The van der Waals surface area contributed by atoms with Crippen molar-refractivity contribution in [2.45, 2.75) is 124 Å². The molecule has 5 N–H and O–H groups in total. The van der Waals surface area contributed by atoms with Crippen molar-refractivity contribution < 1.29 is 35.0 Å². The number of hydrogen-bond donors (Lipinski definition) is 5. The molecule has 0 fully saturated rings. The fourth-order valence-electron chi connectivity index (χ4n) is 6.19. The summed E-state index contributed by atoms with van der Waals surface area (Å²) in [7, 11) is 3.07. The van der Waals surface area contributed by atoms with Gasteiger partial charge in [0.15, 0.2) is 23.0 Å². The average Bonchev–Trinajstić information content (AvgIpc) is 3.26. The van der Waals surface area contributed by atoms with Crippen molar-refractivity contribution in [3.63, 3.8) is 0 Å². The molecule has 0 aliphatic heterocycles. The molecular formula is C55H76O7. The molecule has 0 unspecified atom stereocenters. The molecule has 62 heavy (non-hydrogen) atoms. The lowest BCUT2D eigenvalue weighted by Crippen LogP contribution is -1.87. The summed E-state index contributed by atoms with van der Waals surface area (Å²) >= 11 is 0. The van der Waals surface area contributed by atoms with Gasteiger partial charge in [-0.05, 0) is 139 Å². The van der Waals surface area contributed by atoms with Gasteiger partial charge in [-0.3, -0.25) is 0 Å². The van der Waals surface area contributed by atoms with E-state index >= 15 is 0 Å². The monoisotopic (exact) mass is 849 g/mol. The normalized spacial score (nSPS) is 10.0. The molecule has 0 radical (unpaired) electrons. The Morgan fingerprint density at radius 2 is 0.871 bits per heavy atom. The van der Waals surface area contributed by atoms with Gasteiger partial charge in [-0.15, -0.1) is 13.2 Å². The average molecular weight is 849 g/mol. The Morgan fingerprint density at radius 1 is 0.484 bits per heavy atom. The zero-order valence-electron chi connectivity index (χ0n) is 38.7. The first-order valence-corrected chi connectivity index (χ1v) is 22.1. The van der Waals surface area contributed by atoms with Crippen LogP contribution in [0.1, 0.15) is 125 Å². The predicted molar refractivity (Wildman–Crippen MR) is 261 cm³/mol. The fourth-order valence-corrected chi connectivity index (χ4v) is 6.19. The molecule has 338 valence electrons. The summed E-state index contributed by atoms with van der Waals surface area (Å²) in [4.78, 5) is 0. The van der Waals surface area contributed by atoms with Crippen molar-refractivity contribution in [1.29, 1.82) is 0 Å². The smallest absolute Gasteiger partial charge is 0.160 e. The number of unbranched alkanes of at least 4 members (excludes halogenated alkanes) is 7. The number of phenolic OH excluding ortho intramolecular Hbond substituents is 5. The third-order valence-corrected chi connectivity index (χ3v) is 9.82. The summed E-state index contributed by atoms with van der Waals surface area (Å²) in [6.07, 6.45) is 19.3. The molecule has 7 nitrogen and oxygen atoms in total. The molecule has 7 heteroatoms. The van der Waals surface area contributed by atoms with Crippen molar-refractivity contribution in [3.05, 3.63) is 162 Å². The molecule has 0 amide bonds. The maximum absolute atomic E-state index is 9.46. The van der Waals surface area contributed by atoms with Gasteiger partial charge in [0.05, 0.1) is 14.2 Å². The molecular weight excluding hydrogens is 773 g/mol. The van der Waals surface area contributed by atoms with E-state index in [-0.39, 0.29) is 11.5 Å². The molecule has 0 atom stereocenters. The first-order chi connectivity index (χ1) is 29.8. The third kappa shape index (κ3) is 23.8. The van der Waals surface area contributed by atoms with Crippen LogP contribution in [0.25, 0.3) is 0 Å². The second-order valence-corrected chi connectivity index (χ2v) is 15.5. The van der Waals surface area contributed by atoms with Crippen molar-refractivity contribution in [2.75, 3.05) is 14.2 Å². The zero-order chi connectivity index (χ0) is 46.1. The van der Waals surface area contributed by atoms with Gasteiger partial charge >= 0.3 is 0 Å². The van der Waals surface area contributed by atoms with E-state index in [1.807, 2.05) is 67.6 Å². The van der Waals surface area contributed by atoms with Crippen LogP contribution >= 0.6 is 0 Å². The van der Waals surface area contributed by atoms with Crippen LogP contribution in [-0.2, 0) is 25.7 Å². The van der Waals surface area contributed by atoms with Crippen LogP contribution in [0.15, 0.2) is 128 Å². The highest BCUT2D eigenvalue weighted by Crippen LogP contribution is 2.28. The van der Waals surface area contributed by atoms with Crippen molar-refractivity contribution in [1.82, 2.24) is 0 Å². The molecule has 0 aliphatic carbocycles. The lowest BCUT2D eigenvalue weighted by molar-refractivity contribution is 0.373. The van der Waals surface area contributed by atoms with Gasteiger partial charge in [0.1, 0.15) is 17.2 Å². The quantitative estimate of drug-likeness (QED) is 0.0440. The minimum Gasteiger partial charge on any atom is -0.508 e. The topological polar surface area (TPSA) is 120 Å². The predicted octanol–water partition coefficient (Wildman–Crippen LogP) is 14.5. The van der Waals surface area contributed by atoms with Crippen LogP contribution < -0.4 is 9.47 Å². The summed E-state index contributed by atoms with van der Waals surface area (Å²) in [5, 5.41) is 46.1. The molecule has 0 aromatic heterocycles. The Balaban J connectivity index is 0.000000388. The first kappa shape index (κ1) is 54.2. The van der Waals surface area contributed by atoms with Crippen LogP contribution in [0.5, 0.6) is 40.2 Å². The Bertz CT molecular complexity index is 1870. The summed E-state index contributed by atoms with van der Waals surface area (Å²) < 4.78 is 9.90. The maximum atomic E-state index is 9.46. The van der Waals surface area contributed by atoms with Crippen LogP contribution in [0.2, 0.25) is 0 Å². The Labute approximate surface area is 374 Å². The summed E-state index contributed by atoms with van der Waals surface area (Å²) in [6, 6.07) is 31.4. The number of ether oxygens (including phenoxy) is 2. The minimum absolute atomic E-state index is 0.172. The SMILES string of the molecule is C=CCc1ccc(O)c(OC)c1.C=CCc1ccc(O)c(OC)c1.CCCCCCCc1ccc(O)cc1.CCCCCCc1ccc(O)cc1.Cc1ccc(C(C)C)c(O)c1. The fraction of sp³-hybridized carbons (Fsp3) is 0.382. The molecule has 0 bridgehead atoms. The number of aromatic hydroxyl groups is 5. The van der Waals surface area contributed by atoms with E-state index in [1.54, 1.807) is 54.6 Å². The number of benzene rings is 5. The van der Waals surface area contributed by atoms with E-state index in [9.17, 15) is 15.3 Å². The van der Waals surface area contributed by atoms with Gasteiger partial charge in [0.2, 0.25) is 0 Å². The number of hydrogen-bond acceptors (Lipinski definition) is 7. The van der Waals surface area contributed by atoms with E-state index < -0.39 is 0 Å². The highest BCUT2D eigenvalue weighted by molar-refractivity contribution is 5.43. The van der Waals surface area contributed by atoms with Crippen LogP contribution in [0, 0.1) is 6.92 Å². The zero-order valence-corrected chi connectivity index (χ0v) is 38.7. The van der Waals surface area contributed by atoms with Gasteiger partial charge in [-0.1, -0.05) is 133 Å². The van der Waals surface area contributed by atoms with Gasteiger partial charge in [0.25, 0.3) is 0 Å². The Hall–Kier alpha value is -5.82. The number of phenols is 5. The molecule has 0 aliphatic rings. The lowest BCUT2D eigenvalue weighted by atomic mass is 10.0. The Morgan fingerprint density at radius 3 is 1.23 bits per heavy atom. The molecule has 0 saturated carbocycles. The lowest BCUT2D eigenvalue weighted by Gasteiger charge is -2.07. The van der Waals surface area contributed by atoms with Crippen molar-refractivity contribution in [2.24, 2.45) is 0 Å². The number of methoxy groups -OCH3 is 2. The molecule has 0 heterocycles. The number of rotatable bonds is 18. The number of allylic oxidation sites excluding steroid dienone is 2. The van der Waals surface area contributed by atoms with Crippen LogP contribution in [-0.4, -0.2) is 39.8 Å². The second-order valence-electron chi connectivity index (χ2n) is 15.5. The van der Waals surface area contributed by atoms with Gasteiger partial charge in [-0.2, -0.15) is 0 Å². The molecule has 5 aromatic rings. The van der Waals surface area contributed by atoms with E-state index in [0.717, 1.165) is 47.9 Å². The Kier molecular flexibility index (Phi) is 28.7. The standard InChI is InChI=1S/C13H20O.C12H18O.2C10H12O2.C10H14O/c1-2-3-4-5-6-7-12-8-10-13(14)11-9-12;1-2-3-4-5-6-11-7-9-12(13)10-8-11;2*1-3-4-8-5-6-9(11)10(7-8)12-2;1-7(2)9-5-4-8(3)6-10(9)11/h8-11,14H,2-7H2,1H3;7-10,13H,2-6H2,1H3;2*3,5-7,11H,1,4H2,2H3;4-7,11H,1-3H3. The maximum Gasteiger partial charge on any atom is 0.160 e. The number of aryl methyl sites for hydroxylation is 3. The van der Waals surface area contributed by atoms with Crippen molar-refractivity contribution >= 4 is 0 Å². The van der Waals surface area contributed by atoms with E-state index in [4.69, 9.17) is 19.7 Å². The largest absolute Gasteiger partial charge is 0.508 e. The van der Waals surface area contributed by atoms with Gasteiger partial charge < -0.3 is 35.0 Å². The summed E-state index contributed by atoms with van der Waals surface area (Å²) in [5.74, 6) is 2.90. The van der Waals surface area contributed by atoms with Gasteiger partial charge in [0, 0.05) is 0 Å². The molecule has 0 saturated heterocycles. The van der Waals surface area contributed by atoms with Crippen molar-refractivity contribution in [3.8, 4) is 40.2 Å². The second kappa shape index (κ2) is 32.9.